The highest BCUT2D eigenvalue weighted by Gasteiger charge is 2.51. The molecule has 1 aromatic heterocycles. The van der Waals surface area contributed by atoms with Gasteiger partial charge in [-0.05, 0) is 34.8 Å². The van der Waals surface area contributed by atoms with Crippen LogP contribution < -0.4 is 0 Å². The van der Waals surface area contributed by atoms with Gasteiger partial charge in [-0.2, -0.15) is 0 Å². The Morgan fingerprint density at radius 1 is 1.48 bits per heavy atom. The molecule has 120 valence electrons. The van der Waals surface area contributed by atoms with E-state index in [0.29, 0.717) is 18.2 Å². The number of ether oxygens (including phenoxy) is 1. The van der Waals surface area contributed by atoms with Crippen molar-refractivity contribution in [3.63, 3.8) is 0 Å². The molecular formula is C15H12BrFN2O4. The lowest BCUT2D eigenvalue weighted by Gasteiger charge is -2.39. The summed E-state index contributed by atoms with van der Waals surface area (Å²) in [5.41, 5.74) is -0.802. The fourth-order valence-electron chi connectivity index (χ4n) is 3.10. The van der Waals surface area contributed by atoms with Gasteiger partial charge in [0.15, 0.2) is 0 Å². The predicted molar refractivity (Wildman–Crippen MR) is 83.6 cm³/mol. The summed E-state index contributed by atoms with van der Waals surface area (Å²) in [6.45, 7) is 0. The van der Waals surface area contributed by atoms with E-state index in [0.717, 1.165) is 12.6 Å². The van der Waals surface area contributed by atoms with Gasteiger partial charge in [0, 0.05) is 11.5 Å². The summed E-state index contributed by atoms with van der Waals surface area (Å²) < 4.78 is 18.8. The summed E-state index contributed by atoms with van der Waals surface area (Å²) in [5.74, 6) is -1.04. The molecule has 1 aliphatic rings. The van der Waals surface area contributed by atoms with Gasteiger partial charge in [0.05, 0.1) is 27.6 Å². The molecule has 0 bridgehead atoms. The van der Waals surface area contributed by atoms with Crippen LogP contribution in [0, 0.1) is 15.9 Å². The fraction of sp³-hybridized carbons (Fsp3) is 0.333. The smallest absolute Gasteiger partial charge is 0.316 e. The molecule has 0 saturated heterocycles. The van der Waals surface area contributed by atoms with Crippen molar-refractivity contribution in [2.45, 2.75) is 24.7 Å². The molecule has 0 amide bonds. The zero-order chi connectivity index (χ0) is 16.8. The highest BCUT2D eigenvalue weighted by atomic mass is 79.9. The van der Waals surface area contributed by atoms with Crippen molar-refractivity contribution in [1.29, 1.82) is 0 Å². The van der Waals surface area contributed by atoms with Crippen molar-refractivity contribution < 1.29 is 18.8 Å². The molecule has 0 atom stereocenters. The third-order valence-corrected chi connectivity index (χ3v) is 4.96. The Hall–Kier alpha value is -2.09. The molecule has 1 fully saturated rings. The van der Waals surface area contributed by atoms with Crippen molar-refractivity contribution in [3.05, 3.63) is 44.3 Å². The number of benzene rings is 1. The topological polar surface area (TPSA) is 82.3 Å². The molecule has 0 spiro atoms. The number of hydrogen-bond donors (Lipinski definition) is 0. The normalized spacial score (nSPS) is 16.0. The van der Waals surface area contributed by atoms with Crippen LogP contribution in [0.25, 0.3) is 10.9 Å². The van der Waals surface area contributed by atoms with Gasteiger partial charge in [-0.3, -0.25) is 14.9 Å². The van der Waals surface area contributed by atoms with E-state index in [1.54, 1.807) is 0 Å². The van der Waals surface area contributed by atoms with Crippen LogP contribution in [0.5, 0.6) is 0 Å². The number of pyridine rings is 1. The molecule has 6 nitrogen and oxygen atoms in total. The van der Waals surface area contributed by atoms with E-state index in [1.807, 2.05) is 0 Å². The number of nitro groups is 1. The van der Waals surface area contributed by atoms with Gasteiger partial charge in [0.2, 0.25) is 0 Å². The maximum Gasteiger partial charge on any atom is 0.316 e. The molecule has 1 aromatic carbocycles. The number of methoxy groups -OCH3 is 1. The largest absolute Gasteiger partial charge is 0.468 e. The van der Waals surface area contributed by atoms with E-state index in [2.05, 4.69) is 20.9 Å². The standard InChI is InChI=1S/C15H12BrFN2O4/c1-23-14(20)15(3-2-4-15)13-8-5-9(16)10(17)6-11(8)18-7-12(13)19(21)22/h5-7H,2-4H2,1H3. The number of carbonyl (C=O) groups excluding carboxylic acids is 1. The van der Waals surface area contributed by atoms with E-state index in [1.165, 1.54) is 19.2 Å². The first-order valence-electron chi connectivity index (χ1n) is 6.92. The third kappa shape index (κ3) is 2.28. The number of fused-ring (bicyclic) bond motifs is 1. The Morgan fingerprint density at radius 3 is 2.70 bits per heavy atom. The molecule has 0 unspecified atom stereocenters. The highest BCUT2D eigenvalue weighted by molar-refractivity contribution is 9.10. The Labute approximate surface area is 138 Å². The van der Waals surface area contributed by atoms with Crippen LogP contribution in [0.3, 0.4) is 0 Å². The lowest BCUT2D eigenvalue weighted by Crippen LogP contribution is -2.44. The number of rotatable bonds is 3. The summed E-state index contributed by atoms with van der Waals surface area (Å²) in [6.07, 6.45) is 2.75. The van der Waals surface area contributed by atoms with Gasteiger partial charge in [0.1, 0.15) is 17.4 Å². The lowest BCUT2D eigenvalue weighted by atomic mass is 9.63. The van der Waals surface area contributed by atoms with Crippen molar-refractivity contribution in [2.24, 2.45) is 0 Å². The minimum atomic E-state index is -1.07. The molecule has 3 rings (SSSR count). The van der Waals surface area contributed by atoms with Crippen molar-refractivity contribution in [2.75, 3.05) is 7.11 Å². The van der Waals surface area contributed by atoms with Crippen LogP contribution >= 0.6 is 15.9 Å². The number of nitrogens with zero attached hydrogens (tertiary/aromatic N) is 2. The summed E-state index contributed by atoms with van der Waals surface area (Å²) >= 11 is 3.08. The number of carbonyl (C=O) groups is 1. The van der Waals surface area contributed by atoms with Gasteiger partial charge in [-0.25, -0.2) is 9.37 Å². The van der Waals surface area contributed by atoms with Crippen LogP contribution in [0.4, 0.5) is 10.1 Å². The Kier molecular flexibility index (Phi) is 3.79. The average molecular weight is 383 g/mol. The SMILES string of the molecule is COC(=O)C1(c2c([N+](=O)[O-])cnc3cc(F)c(Br)cc23)CCC1. The van der Waals surface area contributed by atoms with Crippen molar-refractivity contribution in [1.82, 2.24) is 4.98 Å². The summed E-state index contributed by atoms with van der Waals surface area (Å²) in [6, 6.07) is 2.62. The molecule has 0 aliphatic heterocycles. The molecule has 1 heterocycles. The van der Waals surface area contributed by atoms with Crippen LogP contribution in [0.1, 0.15) is 24.8 Å². The lowest BCUT2D eigenvalue weighted by molar-refractivity contribution is -0.386. The number of aromatic nitrogens is 1. The molecule has 0 N–H and O–H groups in total. The maximum absolute atomic E-state index is 13.7. The quantitative estimate of drug-likeness (QED) is 0.459. The number of halogens is 2. The first-order valence-corrected chi connectivity index (χ1v) is 7.71. The zero-order valence-electron chi connectivity index (χ0n) is 12.1. The predicted octanol–water partition coefficient (Wildman–Crippen LogP) is 3.64. The molecule has 1 aliphatic carbocycles. The first-order chi connectivity index (χ1) is 10.9. The maximum atomic E-state index is 13.7. The van der Waals surface area contributed by atoms with E-state index >= 15 is 0 Å². The summed E-state index contributed by atoms with van der Waals surface area (Å²) in [4.78, 5) is 27.2. The minimum Gasteiger partial charge on any atom is -0.468 e. The van der Waals surface area contributed by atoms with E-state index in [4.69, 9.17) is 4.74 Å². The second-order valence-electron chi connectivity index (χ2n) is 5.49. The van der Waals surface area contributed by atoms with Gasteiger partial charge < -0.3 is 4.74 Å². The highest BCUT2D eigenvalue weighted by Crippen LogP contribution is 2.50. The monoisotopic (exact) mass is 382 g/mol. The zero-order valence-corrected chi connectivity index (χ0v) is 13.7. The second kappa shape index (κ2) is 5.52. The van der Waals surface area contributed by atoms with E-state index in [9.17, 15) is 19.3 Å². The average Bonchev–Trinajstić information content (AvgIpc) is 2.47. The van der Waals surface area contributed by atoms with Crippen molar-refractivity contribution >= 4 is 38.5 Å². The van der Waals surface area contributed by atoms with E-state index in [-0.39, 0.29) is 21.2 Å². The van der Waals surface area contributed by atoms with Gasteiger partial charge in [-0.1, -0.05) is 6.42 Å². The van der Waals surface area contributed by atoms with Gasteiger partial charge in [0.25, 0.3) is 5.69 Å². The van der Waals surface area contributed by atoms with Gasteiger partial charge in [-0.15, -0.1) is 0 Å². The summed E-state index contributed by atoms with van der Waals surface area (Å²) in [5, 5.41) is 11.8. The van der Waals surface area contributed by atoms with Crippen LogP contribution in [0.15, 0.2) is 22.8 Å². The molecule has 23 heavy (non-hydrogen) atoms. The van der Waals surface area contributed by atoms with Gasteiger partial charge >= 0.3 is 5.97 Å². The molecule has 1 saturated carbocycles. The third-order valence-electron chi connectivity index (χ3n) is 4.35. The molecular weight excluding hydrogens is 371 g/mol. The molecule has 2 aromatic rings. The number of esters is 1. The Balaban J connectivity index is 2.40. The van der Waals surface area contributed by atoms with Crippen LogP contribution in [-0.2, 0) is 14.9 Å². The summed E-state index contributed by atoms with van der Waals surface area (Å²) in [7, 11) is 1.26. The van der Waals surface area contributed by atoms with Crippen molar-refractivity contribution in [3.8, 4) is 0 Å². The van der Waals surface area contributed by atoms with Crippen LogP contribution in [-0.4, -0.2) is 23.0 Å². The van der Waals surface area contributed by atoms with E-state index < -0.39 is 22.1 Å². The second-order valence-corrected chi connectivity index (χ2v) is 6.34. The first kappa shape index (κ1) is 15.8. The molecule has 0 radical (unpaired) electrons. The number of hydrogen-bond acceptors (Lipinski definition) is 5. The minimum absolute atomic E-state index is 0.160. The fourth-order valence-corrected chi connectivity index (χ4v) is 3.44. The molecule has 8 heteroatoms. The Morgan fingerprint density at radius 2 is 2.17 bits per heavy atom. The van der Waals surface area contributed by atoms with Crippen LogP contribution in [0.2, 0.25) is 0 Å². The Bertz CT molecular complexity index is 836.